The highest BCUT2D eigenvalue weighted by Gasteiger charge is 2.31. The van der Waals surface area contributed by atoms with Gasteiger partial charge in [0, 0.05) is 5.69 Å². The Kier molecular flexibility index (Phi) is 7.36. The van der Waals surface area contributed by atoms with Gasteiger partial charge in [0.2, 0.25) is 0 Å². The number of carbonyl (C=O) groups is 2. The molecule has 0 atom stereocenters. The first-order chi connectivity index (χ1) is 14.2. The fraction of sp³-hybridized carbons (Fsp3) is 0.0556. The van der Waals surface area contributed by atoms with Gasteiger partial charge in [-0.3, -0.25) is 10.2 Å². The van der Waals surface area contributed by atoms with Crippen molar-refractivity contribution in [3.63, 3.8) is 0 Å². The number of nitrogens with two attached hydrogens (primary N) is 1. The zero-order chi connectivity index (χ0) is 22.1. The normalized spacial score (nSPS) is 11.3. The van der Waals surface area contributed by atoms with Crippen molar-refractivity contribution in [2.24, 2.45) is 10.9 Å². The van der Waals surface area contributed by atoms with Crippen molar-refractivity contribution < 1.29 is 32.3 Å². The predicted octanol–water partition coefficient (Wildman–Crippen LogP) is 2.70. The minimum atomic E-state index is -4.82. The molecule has 0 bridgehead atoms. The number of halogens is 3. The van der Waals surface area contributed by atoms with Crippen LogP contribution in [0, 0.1) is 0 Å². The predicted molar refractivity (Wildman–Crippen MR) is 102 cm³/mol. The zero-order valence-corrected chi connectivity index (χ0v) is 15.2. The second kappa shape index (κ2) is 9.93. The Morgan fingerprint density at radius 1 is 1.00 bits per heavy atom. The van der Waals surface area contributed by atoms with Gasteiger partial charge in [-0.05, 0) is 42.0 Å². The van der Waals surface area contributed by atoms with Crippen LogP contribution in [0.25, 0.3) is 5.70 Å². The number of hydrazine groups is 1. The molecule has 0 unspecified atom stereocenters. The highest BCUT2D eigenvalue weighted by Crippen LogP contribution is 2.24. The molecule has 0 saturated carbocycles. The molecule has 2 aromatic rings. The molecule has 0 fully saturated rings. The molecule has 3 amide bonds. The number of nitrogens with zero attached hydrogens (tertiary/aromatic N) is 1. The minimum Gasteiger partial charge on any atom is -0.406 e. The summed E-state index contributed by atoms with van der Waals surface area (Å²) in [5.41, 5.74) is 4.80. The number of aliphatic imine (C=N–C) groups is 1. The highest BCUT2D eigenvalue weighted by molar-refractivity contribution is 6.36. The molecule has 158 valence electrons. The van der Waals surface area contributed by atoms with Crippen molar-refractivity contribution in [2.75, 3.05) is 5.32 Å². The minimum absolute atomic E-state index is 0.0436. The lowest BCUT2D eigenvalue weighted by atomic mass is 10.2. The van der Waals surface area contributed by atoms with Crippen LogP contribution in [-0.4, -0.2) is 24.2 Å². The summed E-state index contributed by atoms with van der Waals surface area (Å²) >= 11 is 0. The molecule has 0 aromatic heterocycles. The molecular formula is C18H16F3N5O4. The average molecular weight is 423 g/mol. The number of urea groups is 1. The van der Waals surface area contributed by atoms with Gasteiger partial charge in [-0.2, -0.15) is 5.90 Å². The molecule has 2 aromatic carbocycles. The van der Waals surface area contributed by atoms with Crippen LogP contribution in [0.1, 0.15) is 5.56 Å². The van der Waals surface area contributed by atoms with Gasteiger partial charge in [-0.15, -0.1) is 13.2 Å². The summed E-state index contributed by atoms with van der Waals surface area (Å²) in [7, 11) is 0. The Labute approximate surface area is 168 Å². The van der Waals surface area contributed by atoms with Crippen LogP contribution in [0.4, 0.5) is 23.7 Å². The number of para-hydroxylation sites is 1. The van der Waals surface area contributed by atoms with E-state index in [0.717, 1.165) is 12.1 Å². The molecule has 0 aliphatic heterocycles. The summed E-state index contributed by atoms with van der Waals surface area (Å²) in [5.74, 6) is 2.92. The maximum Gasteiger partial charge on any atom is 0.573 e. The Morgan fingerprint density at radius 3 is 2.20 bits per heavy atom. The standard InChI is InChI=1S/C18H16F3N5O4/c1-11(12-7-9-14(10-8-12)29-18(19,20)21)23-16(30-22)15(27)25-26-17(28)24-13-5-3-2-4-6-13/h2-10H,1,22H2,(H,25,27)(H2,24,26,28)/b23-16-. The number of carbonyl (C=O) groups excluding carboxylic acids is 2. The van der Waals surface area contributed by atoms with E-state index in [1.807, 2.05) is 5.43 Å². The lowest BCUT2D eigenvalue weighted by Gasteiger charge is -2.10. The summed E-state index contributed by atoms with van der Waals surface area (Å²) in [6.45, 7) is 3.58. The third-order valence-corrected chi connectivity index (χ3v) is 3.28. The van der Waals surface area contributed by atoms with Gasteiger partial charge in [0.25, 0.3) is 0 Å². The second-order valence-electron chi connectivity index (χ2n) is 5.45. The number of hydrogen-bond acceptors (Lipinski definition) is 6. The molecule has 9 nitrogen and oxygen atoms in total. The van der Waals surface area contributed by atoms with E-state index >= 15 is 0 Å². The molecule has 0 saturated heterocycles. The number of anilines is 1. The first-order valence-electron chi connectivity index (χ1n) is 8.11. The molecule has 0 aliphatic carbocycles. The molecule has 12 heteroatoms. The monoisotopic (exact) mass is 423 g/mol. The lowest BCUT2D eigenvalue weighted by Crippen LogP contribution is -2.47. The average Bonchev–Trinajstić information content (AvgIpc) is 2.70. The van der Waals surface area contributed by atoms with Gasteiger partial charge >= 0.3 is 24.2 Å². The first kappa shape index (κ1) is 22.2. The van der Waals surface area contributed by atoms with E-state index in [1.54, 1.807) is 30.3 Å². The van der Waals surface area contributed by atoms with E-state index in [9.17, 15) is 22.8 Å². The molecule has 0 spiro atoms. The quantitative estimate of drug-likeness (QED) is 0.342. The van der Waals surface area contributed by atoms with Crippen LogP contribution in [-0.2, 0) is 9.63 Å². The fourth-order valence-corrected chi connectivity index (χ4v) is 2.02. The molecule has 5 N–H and O–H groups in total. The van der Waals surface area contributed by atoms with Gasteiger partial charge in [0.1, 0.15) is 5.75 Å². The van der Waals surface area contributed by atoms with E-state index in [2.05, 4.69) is 31.9 Å². The molecule has 30 heavy (non-hydrogen) atoms. The largest absolute Gasteiger partial charge is 0.573 e. The Balaban J connectivity index is 1.95. The van der Waals surface area contributed by atoms with E-state index in [-0.39, 0.29) is 11.3 Å². The van der Waals surface area contributed by atoms with Crippen molar-refractivity contribution in [2.45, 2.75) is 6.36 Å². The van der Waals surface area contributed by atoms with Crippen molar-refractivity contribution >= 4 is 29.2 Å². The third-order valence-electron chi connectivity index (χ3n) is 3.28. The van der Waals surface area contributed by atoms with Gasteiger partial charge in [-0.25, -0.2) is 15.2 Å². The summed E-state index contributed by atoms with van der Waals surface area (Å²) < 4.78 is 40.3. The molecule has 0 aliphatic rings. The maximum absolute atomic E-state index is 12.2. The Morgan fingerprint density at radius 2 is 1.63 bits per heavy atom. The molecule has 2 rings (SSSR count). The Bertz CT molecular complexity index is 931. The number of alkyl halides is 3. The van der Waals surface area contributed by atoms with Gasteiger partial charge in [0.15, 0.2) is 0 Å². The van der Waals surface area contributed by atoms with Crippen molar-refractivity contribution in [3.05, 3.63) is 66.7 Å². The van der Waals surface area contributed by atoms with Crippen molar-refractivity contribution in [1.29, 1.82) is 0 Å². The van der Waals surface area contributed by atoms with Crippen LogP contribution in [0.2, 0.25) is 0 Å². The van der Waals surface area contributed by atoms with Crippen LogP contribution in [0.5, 0.6) is 5.75 Å². The van der Waals surface area contributed by atoms with Crippen molar-refractivity contribution in [1.82, 2.24) is 10.9 Å². The highest BCUT2D eigenvalue weighted by atomic mass is 19.4. The molecule has 0 heterocycles. The molecule has 0 radical (unpaired) electrons. The second-order valence-corrected chi connectivity index (χ2v) is 5.45. The van der Waals surface area contributed by atoms with E-state index in [4.69, 9.17) is 5.90 Å². The fourth-order valence-electron chi connectivity index (χ4n) is 2.02. The van der Waals surface area contributed by atoms with Crippen LogP contribution < -0.4 is 26.8 Å². The lowest BCUT2D eigenvalue weighted by molar-refractivity contribution is -0.274. The smallest absolute Gasteiger partial charge is 0.406 e. The number of rotatable bonds is 4. The third kappa shape index (κ3) is 7.16. The maximum atomic E-state index is 12.2. The van der Waals surface area contributed by atoms with E-state index in [0.29, 0.717) is 5.69 Å². The number of ether oxygens (including phenoxy) is 1. The van der Waals surface area contributed by atoms with Crippen molar-refractivity contribution in [3.8, 4) is 5.75 Å². The number of hydrogen-bond donors (Lipinski definition) is 4. The summed E-state index contributed by atoms with van der Waals surface area (Å²) in [6.07, 6.45) is -4.82. The number of amides is 3. The SMILES string of the molecule is C=C(/N=C(\ON)C(=O)NNC(=O)Nc1ccccc1)c1ccc(OC(F)(F)F)cc1. The van der Waals surface area contributed by atoms with E-state index < -0.39 is 29.9 Å². The van der Waals surface area contributed by atoms with Gasteiger partial charge in [-0.1, -0.05) is 24.8 Å². The van der Waals surface area contributed by atoms with Gasteiger partial charge < -0.3 is 14.9 Å². The number of nitrogens with one attached hydrogen (secondary N) is 3. The van der Waals surface area contributed by atoms with E-state index in [1.165, 1.54) is 12.1 Å². The molecular weight excluding hydrogens is 407 g/mol. The summed E-state index contributed by atoms with van der Waals surface area (Å²) in [5, 5.41) is 2.46. The number of benzene rings is 2. The zero-order valence-electron chi connectivity index (χ0n) is 15.2. The first-order valence-corrected chi connectivity index (χ1v) is 8.11. The summed E-state index contributed by atoms with van der Waals surface area (Å²) in [6, 6.07) is 12.3. The summed E-state index contributed by atoms with van der Waals surface area (Å²) in [4.78, 5) is 31.9. The van der Waals surface area contributed by atoms with Gasteiger partial charge in [0.05, 0.1) is 5.70 Å². The topological polar surface area (TPSA) is 127 Å². The van der Waals surface area contributed by atoms with Crippen LogP contribution in [0.3, 0.4) is 0 Å². The Hall–Kier alpha value is -4.06. The van der Waals surface area contributed by atoms with Crippen LogP contribution >= 0.6 is 0 Å². The van der Waals surface area contributed by atoms with Crippen LogP contribution in [0.15, 0.2) is 66.2 Å².